The zero-order chi connectivity index (χ0) is 25.8. The molecule has 2 aromatic heterocycles. The summed E-state index contributed by atoms with van der Waals surface area (Å²) in [5, 5.41) is 10.6. The summed E-state index contributed by atoms with van der Waals surface area (Å²) < 4.78 is 6.79. The molecule has 2 heterocycles. The first-order chi connectivity index (χ1) is 17.3. The summed E-state index contributed by atoms with van der Waals surface area (Å²) in [6, 6.07) is 14.8. The van der Waals surface area contributed by atoms with Crippen LogP contribution in [0.5, 0.6) is 0 Å². The molecule has 0 bridgehead atoms. The Bertz CT molecular complexity index is 1440. The van der Waals surface area contributed by atoms with Gasteiger partial charge in [0, 0.05) is 17.6 Å². The Morgan fingerprint density at radius 3 is 2.44 bits per heavy atom. The van der Waals surface area contributed by atoms with Gasteiger partial charge in [0.15, 0.2) is 5.82 Å². The normalized spacial score (nSPS) is 10.7. The van der Waals surface area contributed by atoms with Crippen molar-refractivity contribution >= 4 is 29.1 Å². The van der Waals surface area contributed by atoms with Gasteiger partial charge in [-0.1, -0.05) is 29.8 Å². The molecule has 0 aliphatic carbocycles. The molecule has 0 saturated heterocycles. The average molecular weight is 485 g/mol. The molecule has 9 heteroatoms. The second kappa shape index (κ2) is 10.4. The molecule has 0 saturated carbocycles. The molecule has 0 atom stereocenters. The lowest BCUT2D eigenvalue weighted by Crippen LogP contribution is -2.17. The summed E-state index contributed by atoms with van der Waals surface area (Å²) >= 11 is 0. The van der Waals surface area contributed by atoms with Crippen LogP contribution in [0.1, 0.15) is 50.2 Å². The van der Waals surface area contributed by atoms with Crippen molar-refractivity contribution in [1.29, 1.82) is 0 Å². The first-order valence-corrected chi connectivity index (χ1v) is 11.6. The number of anilines is 3. The number of aryl methyl sites for hydroxylation is 4. The van der Waals surface area contributed by atoms with Crippen LogP contribution in [-0.2, 0) is 4.74 Å². The Balaban J connectivity index is 1.72. The van der Waals surface area contributed by atoms with Gasteiger partial charge in [0.2, 0.25) is 0 Å². The lowest BCUT2D eigenvalue weighted by atomic mass is 10.1. The van der Waals surface area contributed by atoms with E-state index in [0.717, 1.165) is 28.2 Å². The molecule has 0 fully saturated rings. The molecule has 0 aliphatic heterocycles. The number of ether oxygens (including phenoxy) is 1. The van der Waals surface area contributed by atoms with E-state index in [1.165, 1.54) is 6.20 Å². The van der Waals surface area contributed by atoms with Gasteiger partial charge in [-0.15, -0.1) is 0 Å². The number of hydrogen-bond donors (Lipinski definition) is 2. The molecule has 9 nitrogen and oxygen atoms in total. The molecular weight excluding hydrogens is 456 g/mol. The van der Waals surface area contributed by atoms with Gasteiger partial charge in [0.05, 0.1) is 23.6 Å². The maximum Gasteiger partial charge on any atom is 0.343 e. The van der Waals surface area contributed by atoms with E-state index in [0.29, 0.717) is 11.3 Å². The van der Waals surface area contributed by atoms with E-state index in [4.69, 9.17) is 4.74 Å². The number of rotatable bonds is 7. The molecule has 0 radical (unpaired) electrons. The Labute approximate surface area is 209 Å². The maximum atomic E-state index is 13.2. The molecule has 0 aliphatic rings. The lowest BCUT2D eigenvalue weighted by molar-refractivity contribution is 0.0526. The minimum absolute atomic E-state index is 0.145. The molecule has 4 rings (SSSR count). The fourth-order valence-electron chi connectivity index (χ4n) is 3.82. The highest BCUT2D eigenvalue weighted by molar-refractivity contribution is 6.09. The van der Waals surface area contributed by atoms with Gasteiger partial charge >= 0.3 is 5.97 Å². The highest BCUT2D eigenvalue weighted by Gasteiger charge is 2.20. The molecule has 184 valence electrons. The van der Waals surface area contributed by atoms with E-state index in [1.54, 1.807) is 35.9 Å². The maximum absolute atomic E-state index is 13.2. The van der Waals surface area contributed by atoms with Crippen LogP contribution in [0, 0.1) is 27.7 Å². The van der Waals surface area contributed by atoms with E-state index in [-0.39, 0.29) is 29.8 Å². The van der Waals surface area contributed by atoms with Crippen LogP contribution >= 0.6 is 0 Å². The van der Waals surface area contributed by atoms with Crippen molar-refractivity contribution < 1.29 is 14.3 Å². The summed E-state index contributed by atoms with van der Waals surface area (Å²) in [6.07, 6.45) is 1.40. The zero-order valence-electron chi connectivity index (χ0n) is 20.9. The van der Waals surface area contributed by atoms with Gasteiger partial charge in [0.25, 0.3) is 11.9 Å². The van der Waals surface area contributed by atoms with Crippen LogP contribution in [0.15, 0.2) is 54.7 Å². The molecule has 4 aromatic rings. The molecule has 1 amide bonds. The van der Waals surface area contributed by atoms with E-state index in [9.17, 15) is 9.59 Å². The average Bonchev–Trinajstić information content (AvgIpc) is 3.19. The zero-order valence-corrected chi connectivity index (χ0v) is 20.9. The third kappa shape index (κ3) is 5.25. The van der Waals surface area contributed by atoms with Gasteiger partial charge in [-0.05, 0) is 64.4 Å². The Morgan fingerprint density at radius 1 is 0.972 bits per heavy atom. The SMILES string of the molecule is CCOC(=O)c1cnc(-n2nc(C)cc2C)nc1Nc1ccccc1C(=O)Nc1ccc(C)cc1C. The minimum atomic E-state index is -0.572. The fraction of sp³-hybridized carbons (Fsp3) is 0.222. The number of esters is 1. The van der Waals surface area contributed by atoms with Crippen LogP contribution < -0.4 is 10.6 Å². The predicted octanol–water partition coefficient (Wildman–Crippen LogP) is 5.07. The van der Waals surface area contributed by atoms with Crippen LogP contribution in [0.2, 0.25) is 0 Å². The van der Waals surface area contributed by atoms with Crippen molar-refractivity contribution in [3.05, 3.63) is 88.4 Å². The number of hydrogen-bond acceptors (Lipinski definition) is 7. The lowest BCUT2D eigenvalue weighted by Gasteiger charge is -2.15. The van der Waals surface area contributed by atoms with Gasteiger partial charge in [-0.3, -0.25) is 4.79 Å². The number of benzene rings is 2. The highest BCUT2D eigenvalue weighted by Crippen LogP contribution is 2.25. The Kier molecular flexibility index (Phi) is 7.10. The second-order valence-electron chi connectivity index (χ2n) is 8.43. The number of para-hydroxylation sites is 1. The molecule has 36 heavy (non-hydrogen) atoms. The molecule has 2 N–H and O–H groups in total. The van der Waals surface area contributed by atoms with E-state index >= 15 is 0 Å². The molecule has 0 spiro atoms. The number of carbonyl (C=O) groups excluding carboxylic acids is 2. The first-order valence-electron chi connectivity index (χ1n) is 11.6. The number of carbonyl (C=O) groups is 2. The predicted molar refractivity (Wildman–Crippen MR) is 138 cm³/mol. The third-order valence-corrected chi connectivity index (χ3v) is 5.53. The van der Waals surface area contributed by atoms with Crippen molar-refractivity contribution in [2.24, 2.45) is 0 Å². The minimum Gasteiger partial charge on any atom is -0.462 e. The summed E-state index contributed by atoms with van der Waals surface area (Å²) in [7, 11) is 0. The quantitative estimate of drug-likeness (QED) is 0.352. The van der Waals surface area contributed by atoms with Crippen LogP contribution in [0.25, 0.3) is 5.95 Å². The smallest absolute Gasteiger partial charge is 0.343 e. The van der Waals surface area contributed by atoms with Crippen molar-refractivity contribution in [2.45, 2.75) is 34.6 Å². The van der Waals surface area contributed by atoms with Crippen molar-refractivity contribution in [2.75, 3.05) is 17.2 Å². The fourth-order valence-corrected chi connectivity index (χ4v) is 3.82. The Morgan fingerprint density at radius 2 is 1.75 bits per heavy atom. The number of amides is 1. The second-order valence-corrected chi connectivity index (χ2v) is 8.43. The summed E-state index contributed by atoms with van der Waals surface area (Å²) in [4.78, 5) is 34.8. The summed E-state index contributed by atoms with van der Waals surface area (Å²) in [5.41, 5.74) is 5.46. The van der Waals surface area contributed by atoms with E-state index < -0.39 is 5.97 Å². The summed E-state index contributed by atoms with van der Waals surface area (Å²) in [5.74, 6) is -0.376. The van der Waals surface area contributed by atoms with Gasteiger partial charge in [0.1, 0.15) is 5.56 Å². The largest absolute Gasteiger partial charge is 0.462 e. The van der Waals surface area contributed by atoms with Gasteiger partial charge in [-0.25, -0.2) is 14.5 Å². The van der Waals surface area contributed by atoms with Crippen molar-refractivity contribution in [3.8, 4) is 5.95 Å². The van der Waals surface area contributed by atoms with Gasteiger partial charge in [-0.2, -0.15) is 10.1 Å². The molecule has 2 aromatic carbocycles. The third-order valence-electron chi connectivity index (χ3n) is 5.53. The van der Waals surface area contributed by atoms with E-state index in [2.05, 4.69) is 25.7 Å². The molecule has 0 unspecified atom stereocenters. The standard InChI is InChI=1S/C27H28N6O3/c1-6-36-26(35)21-15-28-27(33-19(5)14-18(4)32-33)31-24(21)29-23-10-8-7-9-20(23)25(34)30-22-12-11-16(2)13-17(22)3/h7-15H,6H2,1-5H3,(H,30,34)(H,28,29,31). The van der Waals surface area contributed by atoms with Crippen molar-refractivity contribution in [3.63, 3.8) is 0 Å². The number of nitrogens with zero attached hydrogens (tertiary/aromatic N) is 4. The van der Waals surface area contributed by atoms with Gasteiger partial charge < -0.3 is 15.4 Å². The number of nitrogens with one attached hydrogen (secondary N) is 2. The topological polar surface area (TPSA) is 111 Å². The van der Waals surface area contributed by atoms with Crippen LogP contribution in [0.4, 0.5) is 17.2 Å². The first kappa shape index (κ1) is 24.6. The van der Waals surface area contributed by atoms with Crippen LogP contribution in [0.3, 0.4) is 0 Å². The highest BCUT2D eigenvalue weighted by atomic mass is 16.5. The Hall–Kier alpha value is -4.53. The monoisotopic (exact) mass is 484 g/mol. The van der Waals surface area contributed by atoms with E-state index in [1.807, 2.05) is 52.0 Å². The molecular formula is C27H28N6O3. The van der Waals surface area contributed by atoms with Crippen molar-refractivity contribution in [1.82, 2.24) is 19.7 Å². The summed E-state index contributed by atoms with van der Waals surface area (Å²) in [6.45, 7) is 9.64. The van der Waals surface area contributed by atoms with Crippen LogP contribution in [-0.4, -0.2) is 38.2 Å². The number of aromatic nitrogens is 4.